The fraction of sp³-hybridized carbons (Fsp3) is 0.590. The standard InChI is InChI=1S/C32H46N6O3.C29H41N5O2/c1-32(2,3)41-31(40)38-21-24-11-8-13-27(36-16-18-37(19-17-36)30(39)34(4)5)26(24)20-25(38)22-35(6)28-14-7-10-23-12-9-15-33-29(23)28;1-29(2,3)36-28(35)34-19-22-9-6-11-25(33-16-14-30-15-17-33)24(22)18-23(34)20-32(4)26-12-5-8-21-10-7-13-31-27(21)26/h8-9,11-13,15,25,28H,7,10,14,16-22H2,1-6H3;6-7,9-11,13,23,26,30H,5,8,12,14-20H2,1-4H3/t25-,28+;23-,26+/m11/s1. The zero-order chi connectivity index (χ0) is 54.6. The summed E-state index contributed by atoms with van der Waals surface area (Å²) in [4.78, 5) is 66.2. The van der Waals surface area contributed by atoms with E-state index in [0.717, 1.165) is 97.3 Å². The Kier molecular flexibility index (Phi) is 17.4. The number of hydrogen-bond acceptors (Lipinski definition) is 12. The highest BCUT2D eigenvalue weighted by atomic mass is 16.6. The predicted molar refractivity (Wildman–Crippen MR) is 304 cm³/mol. The third-order valence-electron chi connectivity index (χ3n) is 16.3. The molecule has 6 aliphatic rings. The first-order chi connectivity index (χ1) is 36.8. The third-order valence-corrected chi connectivity index (χ3v) is 16.3. The SMILES string of the molecule is CN(C)C(=O)N1CCN(c2cccc3c2C[C@H](CN(C)[C@H]2CCCc4cccnc42)N(C(=O)OC(C)(C)C)C3)CC1.CN(C[C@H]1Cc2c(cccc2N2CCNCC2)CN1C(=O)OC(C)(C)C)[C@H]1CCCc2cccnc21. The first-order valence-corrected chi connectivity index (χ1v) is 28.5. The average Bonchev–Trinajstić information content (AvgIpc) is 3.41. The van der Waals surface area contributed by atoms with E-state index in [9.17, 15) is 14.4 Å². The first kappa shape index (κ1) is 55.8. The Hall–Kier alpha value is -5.97. The summed E-state index contributed by atoms with van der Waals surface area (Å²) in [7, 11) is 7.97. The van der Waals surface area contributed by atoms with Crippen molar-refractivity contribution in [3.05, 3.63) is 118 Å². The molecule has 0 bridgehead atoms. The Morgan fingerprint density at radius 1 is 0.584 bits per heavy atom. The number of ether oxygens (including phenoxy) is 2. The average molecular weight is 1050 g/mol. The van der Waals surface area contributed by atoms with E-state index in [-0.39, 0.29) is 42.4 Å². The molecule has 2 fully saturated rings. The Labute approximate surface area is 459 Å². The molecule has 77 heavy (non-hydrogen) atoms. The molecule has 2 aromatic carbocycles. The highest BCUT2D eigenvalue weighted by Gasteiger charge is 2.39. The lowest BCUT2D eigenvalue weighted by Gasteiger charge is -2.43. The number of aromatic nitrogens is 2. The maximum atomic E-state index is 13.6. The van der Waals surface area contributed by atoms with Gasteiger partial charge in [0.15, 0.2) is 0 Å². The lowest BCUT2D eigenvalue weighted by Crippen LogP contribution is -2.53. The Morgan fingerprint density at radius 3 is 1.44 bits per heavy atom. The number of anilines is 2. The van der Waals surface area contributed by atoms with Crippen LogP contribution in [0.2, 0.25) is 0 Å². The van der Waals surface area contributed by atoms with Gasteiger partial charge in [-0.3, -0.25) is 29.6 Å². The monoisotopic (exact) mass is 1050 g/mol. The molecule has 0 saturated carbocycles. The minimum atomic E-state index is -0.564. The van der Waals surface area contributed by atoms with Gasteiger partial charge in [-0.2, -0.15) is 0 Å². The van der Waals surface area contributed by atoms with Gasteiger partial charge < -0.3 is 34.4 Å². The molecular formula is C61H87N11O5. The van der Waals surface area contributed by atoms with Crippen LogP contribution in [-0.2, 0) is 48.2 Å². The summed E-state index contributed by atoms with van der Waals surface area (Å²) in [5, 5.41) is 3.46. The van der Waals surface area contributed by atoms with Crippen molar-refractivity contribution in [1.82, 2.24) is 44.7 Å². The molecule has 2 saturated heterocycles. The number of rotatable bonds is 8. The normalized spacial score (nSPS) is 21.5. The van der Waals surface area contributed by atoms with Crippen LogP contribution in [0.15, 0.2) is 73.1 Å². The van der Waals surface area contributed by atoms with E-state index in [1.54, 1.807) is 19.0 Å². The Balaban J connectivity index is 0.000000189. The second kappa shape index (κ2) is 24.0. The number of urea groups is 1. The van der Waals surface area contributed by atoms with Crippen molar-refractivity contribution in [3.8, 4) is 0 Å². The van der Waals surface area contributed by atoms with Crippen molar-refractivity contribution in [2.45, 2.75) is 141 Å². The molecule has 0 unspecified atom stereocenters. The van der Waals surface area contributed by atoms with E-state index in [1.165, 1.54) is 62.6 Å². The number of amides is 4. The number of pyridine rings is 2. The number of piperazine rings is 2. The summed E-state index contributed by atoms with van der Waals surface area (Å²) in [6, 6.07) is 22.1. The van der Waals surface area contributed by atoms with Crippen molar-refractivity contribution in [2.75, 3.05) is 103 Å². The number of nitrogens with zero attached hydrogens (tertiary/aromatic N) is 10. The minimum absolute atomic E-state index is 0.0332. The number of benzene rings is 2. The zero-order valence-corrected chi connectivity index (χ0v) is 47.9. The highest BCUT2D eigenvalue weighted by molar-refractivity contribution is 5.75. The summed E-state index contributed by atoms with van der Waals surface area (Å²) < 4.78 is 11.8. The van der Waals surface area contributed by atoms with Crippen LogP contribution in [0.5, 0.6) is 0 Å². The first-order valence-electron chi connectivity index (χ1n) is 28.5. The lowest BCUT2D eigenvalue weighted by molar-refractivity contribution is 0.00549. The second-order valence-corrected chi connectivity index (χ2v) is 24.4. The van der Waals surface area contributed by atoms with Gasteiger partial charge in [-0.05, 0) is 165 Å². The summed E-state index contributed by atoms with van der Waals surface area (Å²) in [5.74, 6) is 0. The third kappa shape index (κ3) is 13.3. The van der Waals surface area contributed by atoms with Crippen LogP contribution in [0.3, 0.4) is 0 Å². The van der Waals surface area contributed by atoms with Crippen LogP contribution in [0.1, 0.15) is 124 Å². The molecule has 4 aliphatic heterocycles. The second-order valence-electron chi connectivity index (χ2n) is 24.4. The van der Waals surface area contributed by atoms with E-state index in [1.807, 2.05) is 80.8 Å². The molecule has 10 rings (SSSR count). The number of fused-ring (bicyclic) bond motifs is 4. The van der Waals surface area contributed by atoms with Gasteiger partial charge in [0.2, 0.25) is 0 Å². The molecule has 0 spiro atoms. The molecule has 4 aromatic rings. The van der Waals surface area contributed by atoms with Crippen LogP contribution in [-0.4, -0.2) is 175 Å². The Bertz CT molecular complexity index is 2690. The van der Waals surface area contributed by atoms with Crippen molar-refractivity contribution in [2.24, 2.45) is 0 Å². The predicted octanol–water partition coefficient (Wildman–Crippen LogP) is 8.72. The molecule has 4 amide bonds. The summed E-state index contributed by atoms with van der Waals surface area (Å²) in [5.41, 5.74) is 11.6. The van der Waals surface area contributed by atoms with Crippen LogP contribution in [0, 0.1) is 0 Å². The number of hydrogen-bond donors (Lipinski definition) is 1. The van der Waals surface area contributed by atoms with Crippen molar-refractivity contribution in [1.29, 1.82) is 0 Å². The van der Waals surface area contributed by atoms with E-state index in [4.69, 9.17) is 19.4 Å². The van der Waals surface area contributed by atoms with E-state index in [0.29, 0.717) is 26.2 Å². The Morgan fingerprint density at radius 2 is 1.01 bits per heavy atom. The van der Waals surface area contributed by atoms with E-state index >= 15 is 0 Å². The van der Waals surface area contributed by atoms with Gasteiger partial charge in [0.05, 0.1) is 35.6 Å². The zero-order valence-electron chi connectivity index (χ0n) is 47.9. The van der Waals surface area contributed by atoms with E-state index < -0.39 is 11.2 Å². The maximum Gasteiger partial charge on any atom is 0.410 e. The molecule has 16 nitrogen and oxygen atoms in total. The van der Waals surface area contributed by atoms with Crippen LogP contribution in [0.25, 0.3) is 0 Å². The number of carbonyl (C=O) groups excluding carboxylic acids is 3. The quantitative estimate of drug-likeness (QED) is 0.181. The molecule has 6 heterocycles. The minimum Gasteiger partial charge on any atom is -0.444 e. The smallest absolute Gasteiger partial charge is 0.410 e. The number of likely N-dealkylation sites (N-methyl/N-ethyl adjacent to an activating group) is 2. The fourth-order valence-electron chi connectivity index (χ4n) is 12.6. The van der Waals surface area contributed by atoms with Crippen LogP contribution < -0.4 is 15.1 Å². The van der Waals surface area contributed by atoms with Crippen LogP contribution in [0.4, 0.5) is 25.8 Å². The van der Waals surface area contributed by atoms with E-state index in [2.05, 4.69) is 87.5 Å². The molecule has 2 aromatic heterocycles. The van der Waals surface area contributed by atoms with Gasteiger partial charge in [-0.1, -0.05) is 36.4 Å². The molecular weight excluding hydrogens is 967 g/mol. The molecule has 4 atom stereocenters. The number of nitrogens with one attached hydrogen (secondary N) is 1. The molecule has 416 valence electrons. The summed E-state index contributed by atoms with van der Waals surface area (Å²) in [6.45, 7) is 21.3. The molecule has 2 aliphatic carbocycles. The van der Waals surface area contributed by atoms with Gasteiger partial charge in [-0.25, -0.2) is 14.4 Å². The fourth-order valence-corrected chi connectivity index (χ4v) is 12.6. The highest BCUT2D eigenvalue weighted by Crippen LogP contribution is 2.39. The van der Waals surface area contributed by atoms with Crippen LogP contribution >= 0.6 is 0 Å². The number of aryl methyl sites for hydroxylation is 2. The van der Waals surface area contributed by atoms with Crippen molar-refractivity contribution < 1.29 is 23.9 Å². The van der Waals surface area contributed by atoms with Crippen molar-refractivity contribution >= 4 is 29.6 Å². The topological polar surface area (TPSA) is 133 Å². The van der Waals surface area contributed by atoms with Gasteiger partial charge >= 0.3 is 18.2 Å². The van der Waals surface area contributed by atoms with Gasteiger partial charge in [0, 0.05) is 116 Å². The maximum absolute atomic E-state index is 13.6. The van der Waals surface area contributed by atoms with Crippen molar-refractivity contribution in [3.63, 3.8) is 0 Å². The number of carbonyl (C=O) groups is 3. The van der Waals surface area contributed by atoms with Gasteiger partial charge in [0.1, 0.15) is 11.2 Å². The molecule has 0 radical (unpaired) electrons. The van der Waals surface area contributed by atoms with Gasteiger partial charge in [0.25, 0.3) is 0 Å². The largest absolute Gasteiger partial charge is 0.444 e. The lowest BCUT2D eigenvalue weighted by atomic mass is 9.89. The summed E-state index contributed by atoms with van der Waals surface area (Å²) >= 11 is 0. The molecule has 16 heteroatoms. The summed E-state index contributed by atoms with van der Waals surface area (Å²) in [6.07, 6.45) is 11.6. The molecule has 1 N–H and O–H groups in total. The van der Waals surface area contributed by atoms with Gasteiger partial charge in [-0.15, -0.1) is 0 Å².